The van der Waals surface area contributed by atoms with Crippen LogP contribution in [0, 0.1) is 24.0 Å². The molecule has 2 amide bonds. The number of hydrogen-bond donors (Lipinski definition) is 0. The minimum atomic E-state index is -4.50. The normalized spacial score (nSPS) is 17.7. The van der Waals surface area contributed by atoms with Crippen LogP contribution in [0.2, 0.25) is 0 Å². The number of carbonyl (C=O) groups is 2. The number of aryl methyl sites for hydroxylation is 1. The molecule has 2 fully saturated rings. The van der Waals surface area contributed by atoms with Gasteiger partial charge in [0.1, 0.15) is 11.3 Å². The molecule has 35 heavy (non-hydrogen) atoms. The number of nitrogens with zero attached hydrogens (tertiary/aromatic N) is 4. The van der Waals surface area contributed by atoms with E-state index < -0.39 is 29.3 Å². The van der Waals surface area contributed by atoms with Crippen molar-refractivity contribution >= 4 is 17.5 Å². The van der Waals surface area contributed by atoms with E-state index in [9.17, 15) is 31.5 Å². The summed E-state index contributed by atoms with van der Waals surface area (Å²) in [4.78, 5) is 32.8. The van der Waals surface area contributed by atoms with Gasteiger partial charge in [0.2, 0.25) is 0 Å². The zero-order valence-electron chi connectivity index (χ0n) is 18.7. The van der Waals surface area contributed by atoms with Crippen LogP contribution in [0.15, 0.2) is 36.7 Å². The van der Waals surface area contributed by atoms with E-state index in [1.54, 1.807) is 11.8 Å². The van der Waals surface area contributed by atoms with Gasteiger partial charge in [-0.1, -0.05) is 0 Å². The van der Waals surface area contributed by atoms with Crippen LogP contribution in [0.25, 0.3) is 5.65 Å². The monoisotopic (exact) mass is 492 g/mol. The predicted molar refractivity (Wildman–Crippen MR) is 115 cm³/mol. The molecular weight excluding hydrogens is 471 g/mol. The number of piperidine rings is 1. The maximum atomic E-state index is 14.1. The van der Waals surface area contributed by atoms with Crippen molar-refractivity contribution in [3.63, 3.8) is 0 Å². The van der Waals surface area contributed by atoms with Gasteiger partial charge in [-0.05, 0) is 49.6 Å². The van der Waals surface area contributed by atoms with Gasteiger partial charge in [-0.2, -0.15) is 13.2 Å². The largest absolute Gasteiger partial charge is 0.416 e. The van der Waals surface area contributed by atoms with Gasteiger partial charge in [0.15, 0.2) is 11.6 Å². The van der Waals surface area contributed by atoms with Crippen LogP contribution in [0.1, 0.15) is 44.8 Å². The Morgan fingerprint density at radius 1 is 1.00 bits per heavy atom. The van der Waals surface area contributed by atoms with Gasteiger partial charge in [-0.15, -0.1) is 0 Å². The first-order chi connectivity index (χ1) is 16.5. The number of likely N-dealkylation sites (tertiary alicyclic amines) is 2. The molecule has 2 aromatic heterocycles. The van der Waals surface area contributed by atoms with Crippen molar-refractivity contribution in [1.82, 2.24) is 19.2 Å². The van der Waals surface area contributed by atoms with E-state index >= 15 is 0 Å². The molecule has 1 aromatic carbocycles. The molecule has 0 saturated carbocycles. The van der Waals surface area contributed by atoms with E-state index in [4.69, 9.17) is 0 Å². The maximum absolute atomic E-state index is 14.1. The molecule has 2 saturated heterocycles. The third-order valence-electron chi connectivity index (χ3n) is 6.91. The molecule has 11 heteroatoms. The number of pyridine rings is 1. The molecule has 0 atom stereocenters. The molecule has 4 heterocycles. The van der Waals surface area contributed by atoms with Crippen molar-refractivity contribution in [2.24, 2.45) is 5.41 Å². The Labute approximate surface area is 196 Å². The molecule has 3 aromatic rings. The van der Waals surface area contributed by atoms with E-state index in [1.807, 2.05) is 0 Å². The van der Waals surface area contributed by atoms with Crippen LogP contribution in [-0.4, -0.2) is 57.2 Å². The first-order valence-corrected chi connectivity index (χ1v) is 11.1. The molecule has 0 N–H and O–H groups in total. The summed E-state index contributed by atoms with van der Waals surface area (Å²) in [6.45, 7) is 3.17. The molecule has 6 nitrogen and oxygen atoms in total. The fourth-order valence-corrected chi connectivity index (χ4v) is 4.94. The summed E-state index contributed by atoms with van der Waals surface area (Å²) in [7, 11) is 0. The summed E-state index contributed by atoms with van der Waals surface area (Å²) in [5, 5.41) is 0. The smallest absolute Gasteiger partial charge is 0.337 e. The van der Waals surface area contributed by atoms with Crippen molar-refractivity contribution in [2.75, 3.05) is 26.2 Å². The van der Waals surface area contributed by atoms with Crippen molar-refractivity contribution in [3.8, 4) is 0 Å². The zero-order chi connectivity index (χ0) is 25.1. The lowest BCUT2D eigenvalue weighted by atomic mass is 9.71. The zero-order valence-corrected chi connectivity index (χ0v) is 18.7. The van der Waals surface area contributed by atoms with E-state index in [2.05, 4.69) is 4.98 Å². The topological polar surface area (TPSA) is 57.9 Å². The Hall–Kier alpha value is -3.50. The number of carbonyl (C=O) groups excluding carboxylic acids is 2. The molecule has 2 aliphatic heterocycles. The van der Waals surface area contributed by atoms with E-state index in [0.29, 0.717) is 44.6 Å². The van der Waals surface area contributed by atoms with Crippen molar-refractivity contribution in [1.29, 1.82) is 0 Å². The Balaban J connectivity index is 1.23. The highest BCUT2D eigenvalue weighted by Crippen LogP contribution is 2.41. The molecule has 0 bridgehead atoms. The van der Waals surface area contributed by atoms with Crippen molar-refractivity contribution in [2.45, 2.75) is 25.9 Å². The summed E-state index contributed by atoms with van der Waals surface area (Å²) in [6.07, 6.45) is -0.825. The van der Waals surface area contributed by atoms with Crippen LogP contribution < -0.4 is 0 Å². The lowest BCUT2D eigenvalue weighted by Crippen LogP contribution is -2.62. The number of benzene rings is 1. The highest BCUT2D eigenvalue weighted by atomic mass is 19.4. The van der Waals surface area contributed by atoms with Gasteiger partial charge >= 0.3 is 6.18 Å². The minimum Gasteiger partial charge on any atom is -0.337 e. The number of hydrogen-bond acceptors (Lipinski definition) is 3. The van der Waals surface area contributed by atoms with Crippen molar-refractivity contribution < 1.29 is 31.5 Å². The number of rotatable bonds is 2. The standard InChI is InChI=1S/C24H21F5N4O2/c1-14-8-16(20(26)17(25)9-14)21(34)32-12-23(13-32)3-6-31(7-4-23)22(35)18-11-30-19-10-15(24(27,28)29)2-5-33(18)19/h2,5,8-11H,3-4,6-7,12-13H2,1H3. The second-order valence-corrected chi connectivity index (χ2v) is 9.35. The van der Waals surface area contributed by atoms with E-state index in [0.717, 1.165) is 18.2 Å². The molecule has 2 aliphatic rings. The summed E-state index contributed by atoms with van der Waals surface area (Å²) in [6, 6.07) is 4.17. The fourth-order valence-electron chi connectivity index (χ4n) is 4.94. The predicted octanol–water partition coefficient (Wildman–Crippen LogP) is 4.32. The Bertz CT molecular complexity index is 1330. The van der Waals surface area contributed by atoms with Gasteiger partial charge in [-0.3, -0.25) is 14.0 Å². The molecule has 0 radical (unpaired) electrons. The van der Waals surface area contributed by atoms with Crippen LogP contribution >= 0.6 is 0 Å². The third-order valence-corrected chi connectivity index (χ3v) is 6.91. The molecular formula is C24H21F5N4O2. The van der Waals surface area contributed by atoms with Crippen LogP contribution in [0.3, 0.4) is 0 Å². The molecule has 1 spiro atoms. The summed E-state index contributed by atoms with van der Waals surface area (Å²) >= 11 is 0. The van der Waals surface area contributed by atoms with Gasteiger partial charge in [0.05, 0.1) is 17.3 Å². The quantitative estimate of drug-likeness (QED) is 0.501. The second-order valence-electron chi connectivity index (χ2n) is 9.35. The highest BCUT2D eigenvalue weighted by molar-refractivity contribution is 5.95. The molecule has 0 unspecified atom stereocenters. The molecule has 184 valence electrons. The number of fused-ring (bicyclic) bond motifs is 1. The molecule has 5 rings (SSSR count). The van der Waals surface area contributed by atoms with Crippen molar-refractivity contribution in [3.05, 3.63) is 70.7 Å². The lowest BCUT2D eigenvalue weighted by molar-refractivity contribution is -0.137. The summed E-state index contributed by atoms with van der Waals surface area (Å²) in [5.41, 5.74) is -0.669. The Morgan fingerprint density at radius 2 is 1.69 bits per heavy atom. The Kier molecular flexibility index (Phi) is 5.33. The lowest BCUT2D eigenvalue weighted by Gasteiger charge is -2.54. The van der Waals surface area contributed by atoms with Gasteiger partial charge < -0.3 is 9.80 Å². The first kappa shape index (κ1) is 23.3. The van der Waals surface area contributed by atoms with Crippen LogP contribution in [0.5, 0.6) is 0 Å². The number of imidazole rings is 1. The van der Waals surface area contributed by atoms with Crippen LogP contribution in [0.4, 0.5) is 22.0 Å². The first-order valence-electron chi connectivity index (χ1n) is 11.1. The second kappa shape index (κ2) is 8.03. The minimum absolute atomic E-state index is 0.0321. The SMILES string of the molecule is Cc1cc(F)c(F)c(C(=O)N2CC3(CCN(C(=O)c4cnc5cc(C(F)(F)F)ccn45)CC3)C2)c1. The number of amides is 2. The number of alkyl halides is 3. The van der Waals surface area contributed by atoms with Crippen LogP contribution in [-0.2, 0) is 6.18 Å². The molecule has 0 aliphatic carbocycles. The average molecular weight is 492 g/mol. The maximum Gasteiger partial charge on any atom is 0.416 e. The van der Waals surface area contributed by atoms with E-state index in [-0.39, 0.29) is 28.2 Å². The third kappa shape index (κ3) is 4.02. The van der Waals surface area contributed by atoms with Gasteiger partial charge in [0, 0.05) is 37.8 Å². The number of aromatic nitrogens is 2. The van der Waals surface area contributed by atoms with Gasteiger partial charge in [-0.25, -0.2) is 13.8 Å². The summed E-state index contributed by atoms with van der Waals surface area (Å²) in [5.74, 6) is -3.11. The number of halogens is 5. The van der Waals surface area contributed by atoms with Gasteiger partial charge in [0.25, 0.3) is 11.8 Å². The fraction of sp³-hybridized carbons (Fsp3) is 0.375. The van der Waals surface area contributed by atoms with E-state index in [1.165, 1.54) is 27.8 Å². The Morgan fingerprint density at radius 3 is 2.34 bits per heavy atom. The average Bonchev–Trinajstić information content (AvgIpc) is 3.22. The highest BCUT2D eigenvalue weighted by Gasteiger charge is 2.48. The summed E-state index contributed by atoms with van der Waals surface area (Å²) < 4.78 is 68.0.